The van der Waals surface area contributed by atoms with Crippen molar-refractivity contribution in [2.24, 2.45) is 0 Å². The van der Waals surface area contributed by atoms with Crippen LogP contribution in [0.5, 0.6) is 0 Å². The van der Waals surface area contributed by atoms with Gasteiger partial charge in [-0.1, -0.05) is 212 Å². The molecule has 0 unspecified atom stereocenters. The van der Waals surface area contributed by atoms with Gasteiger partial charge < -0.3 is 9.32 Å². The minimum Gasteiger partial charge on any atom is -0.455 e. The molecule has 1 aromatic heterocycles. The number of hydrogen-bond acceptors (Lipinski definition) is 2. The Morgan fingerprint density at radius 2 is 0.694 bits per heavy atom. The fourth-order valence-electron chi connectivity index (χ4n) is 9.02. The molecule has 0 radical (unpaired) electrons. The van der Waals surface area contributed by atoms with Gasteiger partial charge in [0.15, 0.2) is 0 Å². The van der Waals surface area contributed by atoms with E-state index in [1.165, 1.54) is 44.5 Å². The maximum Gasteiger partial charge on any atom is 0.143 e. The minimum absolute atomic E-state index is 0.899. The molecule has 0 atom stereocenters. The molecule has 2 heteroatoms. The summed E-state index contributed by atoms with van der Waals surface area (Å²) in [5, 5.41) is 2.25. The van der Waals surface area contributed by atoms with E-state index in [2.05, 4.69) is 241 Å². The lowest BCUT2D eigenvalue weighted by atomic mass is 9.84. The molecule has 0 fully saturated rings. The summed E-state index contributed by atoms with van der Waals surface area (Å²) in [7, 11) is 0. The number of fused-ring (bicyclic) bond motifs is 3. The largest absolute Gasteiger partial charge is 0.455 e. The molecule has 0 saturated heterocycles. The van der Waals surface area contributed by atoms with Crippen molar-refractivity contribution in [1.82, 2.24) is 0 Å². The van der Waals surface area contributed by atoms with Crippen molar-refractivity contribution < 1.29 is 4.42 Å². The van der Waals surface area contributed by atoms with E-state index in [9.17, 15) is 0 Å². The Labute approximate surface area is 362 Å². The molecule has 0 aliphatic carbocycles. The van der Waals surface area contributed by atoms with Crippen molar-refractivity contribution in [2.45, 2.75) is 0 Å². The van der Waals surface area contributed by atoms with Gasteiger partial charge in [-0.05, 0) is 92.0 Å². The van der Waals surface area contributed by atoms with Crippen LogP contribution in [0.4, 0.5) is 17.1 Å². The standard InChI is InChI=1S/C60H41NO/c1-4-18-42(19-5-1)43-34-38-47(39-35-43)61(48-40-36-46(37-41-48)51-29-17-31-56-53-26-13-15-33-58(53)62-60(51)56)57-32-14-12-25-52(57)55-30-16-28-50(45-22-8-3-9-23-45)59(55)54-27-11-10-24-49(54)44-20-6-2-7-21-44/h1-41H. The minimum atomic E-state index is 0.899. The second-order valence-electron chi connectivity index (χ2n) is 15.6. The normalized spacial score (nSPS) is 11.2. The van der Waals surface area contributed by atoms with Crippen LogP contribution >= 0.6 is 0 Å². The molecule has 2 nitrogen and oxygen atoms in total. The lowest BCUT2D eigenvalue weighted by molar-refractivity contribution is 0.670. The summed E-state index contributed by atoms with van der Waals surface area (Å²) >= 11 is 0. The maximum atomic E-state index is 6.48. The average molecular weight is 792 g/mol. The predicted octanol–water partition coefficient (Wildman–Crippen LogP) is 17.1. The zero-order chi connectivity index (χ0) is 41.2. The molecule has 0 amide bonds. The first-order chi connectivity index (χ1) is 30.8. The van der Waals surface area contributed by atoms with Gasteiger partial charge in [0.05, 0.1) is 5.69 Å². The first-order valence-corrected chi connectivity index (χ1v) is 21.2. The van der Waals surface area contributed by atoms with Gasteiger partial charge in [-0.25, -0.2) is 0 Å². The maximum absolute atomic E-state index is 6.48. The van der Waals surface area contributed by atoms with Crippen molar-refractivity contribution in [1.29, 1.82) is 0 Å². The van der Waals surface area contributed by atoms with Crippen LogP contribution in [0.3, 0.4) is 0 Å². The summed E-state index contributed by atoms with van der Waals surface area (Å²) in [5.74, 6) is 0. The highest BCUT2D eigenvalue weighted by molar-refractivity contribution is 6.09. The number of para-hydroxylation sites is 3. The zero-order valence-electron chi connectivity index (χ0n) is 34.0. The second kappa shape index (κ2) is 16.1. The Kier molecular flexibility index (Phi) is 9.57. The molecule has 1 heterocycles. The quantitative estimate of drug-likeness (QED) is 0.145. The van der Waals surface area contributed by atoms with E-state index in [4.69, 9.17) is 4.42 Å². The van der Waals surface area contributed by atoms with Crippen LogP contribution in [0.25, 0.3) is 88.7 Å². The van der Waals surface area contributed by atoms with E-state index < -0.39 is 0 Å². The summed E-state index contributed by atoms with van der Waals surface area (Å²) in [6.45, 7) is 0. The molecule has 292 valence electrons. The van der Waals surface area contributed by atoms with Crippen LogP contribution in [-0.4, -0.2) is 0 Å². The van der Waals surface area contributed by atoms with Crippen LogP contribution in [0.15, 0.2) is 253 Å². The van der Waals surface area contributed by atoms with Crippen LogP contribution in [0.1, 0.15) is 0 Å². The van der Waals surface area contributed by atoms with Crippen LogP contribution in [-0.2, 0) is 0 Å². The summed E-state index contributed by atoms with van der Waals surface area (Å²) < 4.78 is 6.48. The molecular weight excluding hydrogens is 751 g/mol. The number of nitrogens with zero attached hydrogens (tertiary/aromatic N) is 1. The van der Waals surface area contributed by atoms with Crippen molar-refractivity contribution in [3.63, 3.8) is 0 Å². The number of hydrogen-bond donors (Lipinski definition) is 0. The molecule has 0 N–H and O–H groups in total. The third-order valence-corrected chi connectivity index (χ3v) is 11.9. The highest BCUT2D eigenvalue weighted by Gasteiger charge is 2.23. The molecule has 0 spiro atoms. The van der Waals surface area contributed by atoms with E-state index in [1.807, 2.05) is 12.1 Å². The van der Waals surface area contributed by atoms with Crippen molar-refractivity contribution in [2.75, 3.05) is 4.90 Å². The van der Waals surface area contributed by atoms with E-state index in [0.29, 0.717) is 0 Å². The Balaban J connectivity index is 1.11. The molecule has 10 aromatic carbocycles. The molecule has 0 aliphatic rings. The Morgan fingerprint density at radius 1 is 0.258 bits per heavy atom. The van der Waals surface area contributed by atoms with E-state index >= 15 is 0 Å². The highest BCUT2D eigenvalue weighted by Crippen LogP contribution is 2.49. The van der Waals surface area contributed by atoms with Gasteiger partial charge in [-0.2, -0.15) is 0 Å². The summed E-state index contributed by atoms with van der Waals surface area (Å²) in [6.07, 6.45) is 0. The number of rotatable bonds is 9. The molecule has 0 saturated carbocycles. The van der Waals surface area contributed by atoms with E-state index in [0.717, 1.165) is 61.3 Å². The van der Waals surface area contributed by atoms with Crippen molar-refractivity contribution >= 4 is 39.0 Å². The molecule has 11 rings (SSSR count). The Hall–Kier alpha value is -8.20. The molecule has 0 aliphatic heterocycles. The first-order valence-electron chi connectivity index (χ1n) is 21.2. The zero-order valence-corrected chi connectivity index (χ0v) is 34.0. The average Bonchev–Trinajstić information content (AvgIpc) is 3.74. The second-order valence-corrected chi connectivity index (χ2v) is 15.6. The van der Waals surface area contributed by atoms with Gasteiger partial charge in [-0.3, -0.25) is 0 Å². The molecule has 62 heavy (non-hydrogen) atoms. The summed E-state index contributed by atoms with van der Waals surface area (Å²) in [4.78, 5) is 2.40. The van der Waals surface area contributed by atoms with Gasteiger partial charge in [0.1, 0.15) is 11.2 Å². The van der Waals surface area contributed by atoms with Crippen LogP contribution < -0.4 is 4.90 Å². The third-order valence-electron chi connectivity index (χ3n) is 11.9. The van der Waals surface area contributed by atoms with E-state index in [1.54, 1.807) is 0 Å². The van der Waals surface area contributed by atoms with Crippen molar-refractivity contribution in [3.8, 4) is 66.8 Å². The van der Waals surface area contributed by atoms with Crippen LogP contribution in [0.2, 0.25) is 0 Å². The molecule has 0 bridgehead atoms. The lowest BCUT2D eigenvalue weighted by Gasteiger charge is -2.29. The number of furan rings is 1. The van der Waals surface area contributed by atoms with Gasteiger partial charge in [0.2, 0.25) is 0 Å². The monoisotopic (exact) mass is 791 g/mol. The predicted molar refractivity (Wildman–Crippen MR) is 261 cm³/mol. The third kappa shape index (κ3) is 6.74. The smallest absolute Gasteiger partial charge is 0.143 e. The van der Waals surface area contributed by atoms with Gasteiger partial charge in [-0.15, -0.1) is 0 Å². The summed E-state index contributed by atoms with van der Waals surface area (Å²) in [6, 6.07) is 89.1. The topological polar surface area (TPSA) is 16.4 Å². The van der Waals surface area contributed by atoms with E-state index in [-0.39, 0.29) is 0 Å². The van der Waals surface area contributed by atoms with Crippen LogP contribution in [0, 0.1) is 0 Å². The van der Waals surface area contributed by atoms with Gasteiger partial charge in [0.25, 0.3) is 0 Å². The molecule has 11 aromatic rings. The number of benzene rings is 10. The number of anilines is 3. The lowest BCUT2D eigenvalue weighted by Crippen LogP contribution is -2.11. The highest BCUT2D eigenvalue weighted by atomic mass is 16.3. The fourth-order valence-corrected chi connectivity index (χ4v) is 9.02. The first kappa shape index (κ1) is 36.8. The van der Waals surface area contributed by atoms with Crippen molar-refractivity contribution in [3.05, 3.63) is 249 Å². The molecular formula is C60H41NO. The van der Waals surface area contributed by atoms with Gasteiger partial charge in [0, 0.05) is 33.3 Å². The Morgan fingerprint density at radius 3 is 1.39 bits per heavy atom. The Bertz CT molecular complexity index is 3310. The van der Waals surface area contributed by atoms with Gasteiger partial charge >= 0.3 is 0 Å². The summed E-state index contributed by atoms with van der Waals surface area (Å²) in [5.41, 5.74) is 18.9. The fraction of sp³-hybridized carbons (Fsp3) is 0. The SMILES string of the molecule is c1ccc(-c2ccc(N(c3ccc(-c4cccc5c4oc4ccccc45)cc3)c3ccccc3-c3cccc(-c4ccccc4)c3-c3ccccc3-c3ccccc3)cc2)cc1.